The number of aromatic amines is 1. The van der Waals surface area contributed by atoms with Gasteiger partial charge in [-0.15, -0.1) is 0 Å². The zero-order valence-electron chi connectivity index (χ0n) is 8.94. The predicted octanol–water partition coefficient (Wildman–Crippen LogP) is -0.183. The number of sulfonamides is 1. The van der Waals surface area contributed by atoms with Crippen LogP contribution in [0.25, 0.3) is 0 Å². The molecule has 0 aromatic carbocycles. The minimum absolute atomic E-state index is 0.0990. The number of rotatable bonds is 6. The molecule has 4 N–H and O–H groups in total. The van der Waals surface area contributed by atoms with Crippen LogP contribution >= 0.6 is 0 Å². The average molecular weight is 244 g/mol. The summed E-state index contributed by atoms with van der Waals surface area (Å²) in [4.78, 5) is 6.27. The van der Waals surface area contributed by atoms with Gasteiger partial charge in [-0.2, -0.15) is 0 Å². The summed E-state index contributed by atoms with van der Waals surface area (Å²) in [5, 5.41) is 0.107. The van der Waals surface area contributed by atoms with Crippen LogP contribution in [0.5, 0.6) is 0 Å². The van der Waals surface area contributed by atoms with Crippen molar-refractivity contribution in [2.45, 2.75) is 24.3 Å². The molecule has 0 radical (unpaired) electrons. The highest BCUT2D eigenvalue weighted by atomic mass is 32.2. The second kappa shape index (κ2) is 4.15. The van der Waals surface area contributed by atoms with Crippen LogP contribution in [-0.2, 0) is 10.0 Å². The van der Waals surface area contributed by atoms with E-state index in [0.29, 0.717) is 13.1 Å². The van der Waals surface area contributed by atoms with Gasteiger partial charge in [0.1, 0.15) is 0 Å². The van der Waals surface area contributed by atoms with Gasteiger partial charge in [-0.3, -0.25) is 0 Å². The Morgan fingerprint density at radius 1 is 1.56 bits per heavy atom. The summed E-state index contributed by atoms with van der Waals surface area (Å²) in [5.74, 6) is 0. The summed E-state index contributed by atoms with van der Waals surface area (Å²) in [7, 11) is -3.44. The lowest BCUT2D eigenvalue weighted by Crippen LogP contribution is -2.31. The maximum atomic E-state index is 11.8. The van der Waals surface area contributed by atoms with E-state index in [4.69, 9.17) is 5.73 Å². The average Bonchev–Trinajstić information content (AvgIpc) is 2.81. The molecule has 2 rings (SSSR count). The number of nitrogens with two attached hydrogens (primary N) is 1. The first kappa shape index (κ1) is 11.6. The van der Waals surface area contributed by atoms with E-state index in [1.54, 1.807) is 0 Å². The lowest BCUT2D eigenvalue weighted by atomic mass is 10.0. The van der Waals surface area contributed by atoms with Crippen LogP contribution in [0.3, 0.4) is 0 Å². The summed E-state index contributed by atoms with van der Waals surface area (Å²) in [6.45, 7) is 1.07. The summed E-state index contributed by atoms with van der Waals surface area (Å²) < 4.78 is 26.1. The minimum atomic E-state index is -3.44. The van der Waals surface area contributed by atoms with E-state index in [2.05, 4.69) is 14.7 Å². The quantitative estimate of drug-likeness (QED) is 0.646. The van der Waals surface area contributed by atoms with Crippen molar-refractivity contribution >= 4 is 10.0 Å². The van der Waals surface area contributed by atoms with Crippen LogP contribution in [0.15, 0.2) is 17.6 Å². The Hall–Kier alpha value is -0.920. The van der Waals surface area contributed by atoms with Gasteiger partial charge in [-0.05, 0) is 31.2 Å². The van der Waals surface area contributed by atoms with Gasteiger partial charge in [0.15, 0.2) is 5.03 Å². The number of imidazole rings is 1. The van der Waals surface area contributed by atoms with E-state index in [1.807, 2.05) is 0 Å². The molecule has 0 saturated heterocycles. The Kier molecular flexibility index (Phi) is 3.00. The first-order chi connectivity index (χ1) is 7.58. The Bertz CT molecular complexity index is 436. The fourth-order valence-corrected chi connectivity index (χ4v) is 2.77. The third-order valence-electron chi connectivity index (χ3n) is 3.03. The van der Waals surface area contributed by atoms with Crippen molar-refractivity contribution in [3.63, 3.8) is 0 Å². The summed E-state index contributed by atoms with van der Waals surface area (Å²) in [6.07, 6.45) is 5.62. The predicted molar refractivity (Wildman–Crippen MR) is 59.1 cm³/mol. The molecule has 1 aliphatic carbocycles. The number of nitrogens with one attached hydrogen (secondary N) is 2. The van der Waals surface area contributed by atoms with E-state index in [1.165, 1.54) is 12.5 Å². The SMILES string of the molecule is NCCC1(CNS(=O)(=O)c2cnc[nH]2)CC1. The first-order valence-corrected chi connectivity index (χ1v) is 6.74. The molecule has 1 fully saturated rings. The summed E-state index contributed by atoms with van der Waals surface area (Å²) >= 11 is 0. The number of aromatic nitrogens is 2. The van der Waals surface area contributed by atoms with Crippen LogP contribution in [0.1, 0.15) is 19.3 Å². The van der Waals surface area contributed by atoms with Gasteiger partial charge in [0.2, 0.25) is 0 Å². The fraction of sp³-hybridized carbons (Fsp3) is 0.667. The van der Waals surface area contributed by atoms with Crippen LogP contribution < -0.4 is 10.5 Å². The van der Waals surface area contributed by atoms with Crippen molar-refractivity contribution in [2.24, 2.45) is 11.1 Å². The van der Waals surface area contributed by atoms with Gasteiger partial charge in [0.25, 0.3) is 10.0 Å². The highest BCUT2D eigenvalue weighted by Crippen LogP contribution is 2.47. The Labute approximate surface area is 94.7 Å². The third kappa shape index (κ3) is 2.42. The topological polar surface area (TPSA) is 101 Å². The second-order valence-electron chi connectivity index (χ2n) is 4.28. The first-order valence-electron chi connectivity index (χ1n) is 5.26. The highest BCUT2D eigenvalue weighted by Gasteiger charge is 2.42. The molecular weight excluding hydrogens is 228 g/mol. The Morgan fingerprint density at radius 3 is 2.81 bits per heavy atom. The maximum absolute atomic E-state index is 11.8. The van der Waals surface area contributed by atoms with Crippen molar-refractivity contribution in [1.29, 1.82) is 0 Å². The van der Waals surface area contributed by atoms with Gasteiger partial charge in [-0.1, -0.05) is 0 Å². The molecule has 90 valence electrons. The molecule has 0 spiro atoms. The van der Waals surface area contributed by atoms with Gasteiger partial charge >= 0.3 is 0 Å². The molecule has 0 amide bonds. The van der Waals surface area contributed by atoms with Crippen LogP contribution in [0, 0.1) is 5.41 Å². The third-order valence-corrected chi connectivity index (χ3v) is 4.36. The fourth-order valence-electron chi connectivity index (χ4n) is 1.71. The van der Waals surface area contributed by atoms with Crippen LogP contribution in [-0.4, -0.2) is 31.5 Å². The van der Waals surface area contributed by atoms with Crippen molar-refractivity contribution in [3.05, 3.63) is 12.5 Å². The molecule has 1 aliphatic rings. The number of hydrogen-bond donors (Lipinski definition) is 3. The maximum Gasteiger partial charge on any atom is 0.257 e. The van der Waals surface area contributed by atoms with E-state index < -0.39 is 10.0 Å². The monoisotopic (exact) mass is 244 g/mol. The largest absolute Gasteiger partial charge is 0.335 e. The lowest BCUT2D eigenvalue weighted by molar-refractivity contribution is 0.461. The molecule has 0 atom stereocenters. The number of H-pyrrole nitrogens is 1. The van der Waals surface area contributed by atoms with Gasteiger partial charge in [-0.25, -0.2) is 18.1 Å². The Morgan fingerprint density at radius 2 is 2.31 bits per heavy atom. The van der Waals surface area contributed by atoms with E-state index in [0.717, 1.165) is 19.3 Å². The standard InChI is InChI=1S/C9H16N4O2S/c10-4-3-9(1-2-9)6-13-16(14,15)8-5-11-7-12-8/h5,7,13H,1-4,6,10H2,(H,11,12). The summed E-state index contributed by atoms with van der Waals surface area (Å²) in [5.41, 5.74) is 5.59. The molecule has 1 heterocycles. The summed E-state index contributed by atoms with van der Waals surface area (Å²) in [6, 6.07) is 0. The number of nitrogens with zero attached hydrogens (tertiary/aromatic N) is 1. The molecule has 1 aromatic heterocycles. The van der Waals surface area contributed by atoms with Gasteiger partial charge in [0, 0.05) is 6.54 Å². The molecule has 6 nitrogen and oxygen atoms in total. The second-order valence-corrected chi connectivity index (χ2v) is 6.01. The van der Waals surface area contributed by atoms with E-state index in [-0.39, 0.29) is 10.4 Å². The molecule has 0 bridgehead atoms. The zero-order chi connectivity index (χ0) is 11.6. The van der Waals surface area contributed by atoms with E-state index in [9.17, 15) is 8.42 Å². The molecule has 0 aliphatic heterocycles. The molecular formula is C9H16N4O2S. The molecule has 1 aromatic rings. The number of hydrogen-bond acceptors (Lipinski definition) is 4. The molecule has 0 unspecified atom stereocenters. The van der Waals surface area contributed by atoms with Crippen molar-refractivity contribution < 1.29 is 8.42 Å². The van der Waals surface area contributed by atoms with Gasteiger partial charge in [0.05, 0.1) is 12.5 Å². The minimum Gasteiger partial charge on any atom is -0.335 e. The van der Waals surface area contributed by atoms with Crippen molar-refractivity contribution in [1.82, 2.24) is 14.7 Å². The van der Waals surface area contributed by atoms with E-state index >= 15 is 0 Å². The zero-order valence-corrected chi connectivity index (χ0v) is 9.76. The molecule has 16 heavy (non-hydrogen) atoms. The highest BCUT2D eigenvalue weighted by molar-refractivity contribution is 7.89. The smallest absolute Gasteiger partial charge is 0.257 e. The Balaban J connectivity index is 1.96. The van der Waals surface area contributed by atoms with Gasteiger partial charge < -0.3 is 10.7 Å². The normalized spacial score (nSPS) is 18.6. The van der Waals surface area contributed by atoms with Crippen molar-refractivity contribution in [2.75, 3.05) is 13.1 Å². The molecule has 7 heteroatoms. The van der Waals surface area contributed by atoms with Crippen molar-refractivity contribution in [3.8, 4) is 0 Å². The molecule has 1 saturated carbocycles. The lowest BCUT2D eigenvalue weighted by Gasteiger charge is -2.14. The van der Waals surface area contributed by atoms with Crippen LogP contribution in [0.2, 0.25) is 0 Å². The van der Waals surface area contributed by atoms with Crippen LogP contribution in [0.4, 0.5) is 0 Å².